The van der Waals surface area contributed by atoms with E-state index in [1.807, 2.05) is 24.3 Å². The van der Waals surface area contributed by atoms with Gasteiger partial charge < -0.3 is 4.42 Å². The molecule has 8 aromatic carbocycles. The van der Waals surface area contributed by atoms with E-state index in [9.17, 15) is 0 Å². The molecule has 0 atom stereocenters. The van der Waals surface area contributed by atoms with Crippen molar-refractivity contribution in [3.63, 3.8) is 0 Å². The minimum absolute atomic E-state index is 0.516. The van der Waals surface area contributed by atoms with Gasteiger partial charge in [0.05, 0.1) is 5.52 Å². The summed E-state index contributed by atoms with van der Waals surface area (Å²) in [6.07, 6.45) is 0. The Balaban J connectivity index is 1.19. The molecule has 0 radical (unpaired) electrons. The summed E-state index contributed by atoms with van der Waals surface area (Å²) < 4.78 is 8.84. The van der Waals surface area contributed by atoms with Crippen LogP contribution in [-0.4, -0.2) is 19.5 Å². The van der Waals surface area contributed by atoms with Crippen LogP contribution >= 0.6 is 0 Å². The highest BCUT2D eigenvalue weighted by Crippen LogP contribution is 2.41. The van der Waals surface area contributed by atoms with Crippen molar-refractivity contribution in [3.05, 3.63) is 194 Å². The average molecular weight is 717 g/mol. The maximum absolute atomic E-state index is 6.68. The Morgan fingerprint density at radius 2 is 0.875 bits per heavy atom. The number of hydrogen-bond acceptors (Lipinski definition) is 4. The van der Waals surface area contributed by atoms with Crippen molar-refractivity contribution in [2.75, 3.05) is 0 Å². The number of para-hydroxylation sites is 2. The molecule has 0 aliphatic carbocycles. The third-order valence-corrected chi connectivity index (χ3v) is 10.7. The summed E-state index contributed by atoms with van der Waals surface area (Å²) in [5.41, 5.74) is 12.1. The Bertz CT molecular complexity index is 3240. The van der Waals surface area contributed by atoms with Crippen molar-refractivity contribution in [2.45, 2.75) is 0 Å². The summed E-state index contributed by atoms with van der Waals surface area (Å²) in [5, 5.41) is 4.28. The number of nitrogens with zero attached hydrogens (tertiary/aromatic N) is 4. The SMILES string of the molecule is c1ccc(-c2ccc(-c3nc(-c4ccccc4-c4ccccc4-c4ccccc4)nc(-n4c5ccccc5c5ccc6c7ccccc7oc6c54)n3)cc2)cc1. The zero-order chi connectivity index (χ0) is 37.0. The van der Waals surface area contributed by atoms with Crippen LogP contribution in [0.2, 0.25) is 0 Å². The highest BCUT2D eigenvalue weighted by atomic mass is 16.3. The maximum Gasteiger partial charge on any atom is 0.238 e. The molecule has 0 bridgehead atoms. The predicted molar refractivity (Wildman–Crippen MR) is 229 cm³/mol. The van der Waals surface area contributed by atoms with E-state index in [1.165, 1.54) is 0 Å². The zero-order valence-corrected chi connectivity index (χ0v) is 30.2. The molecule has 0 aliphatic heterocycles. The van der Waals surface area contributed by atoms with E-state index in [4.69, 9.17) is 19.4 Å². The summed E-state index contributed by atoms with van der Waals surface area (Å²) in [7, 11) is 0. The number of fused-ring (bicyclic) bond motifs is 7. The summed E-state index contributed by atoms with van der Waals surface area (Å²) in [6, 6.07) is 67.3. The van der Waals surface area contributed by atoms with Crippen molar-refractivity contribution < 1.29 is 4.42 Å². The quantitative estimate of drug-likeness (QED) is 0.172. The number of benzene rings is 8. The fourth-order valence-corrected chi connectivity index (χ4v) is 8.10. The fraction of sp³-hybridized carbons (Fsp3) is 0. The molecule has 0 aliphatic rings. The largest absolute Gasteiger partial charge is 0.454 e. The van der Waals surface area contributed by atoms with Gasteiger partial charge in [-0.15, -0.1) is 0 Å². The van der Waals surface area contributed by atoms with Gasteiger partial charge in [-0.3, -0.25) is 4.57 Å². The maximum atomic E-state index is 6.68. The Hall–Kier alpha value is -7.63. The first-order chi connectivity index (χ1) is 27.8. The van der Waals surface area contributed by atoms with Gasteiger partial charge in [0.15, 0.2) is 17.2 Å². The number of furan rings is 1. The standard InChI is InChI=1S/C51H32N4O/c1-3-15-33(16-4-1)34-27-29-36(30-28-34)49-52-50(44-24-10-9-21-39(44)38-20-8-7-19-37(38)35-17-5-2-6-18-35)54-51(53-49)55-45-25-13-11-22-40(45)42-31-32-43-41-23-12-14-26-46(41)56-48(43)47(42)55/h1-32H. The normalized spacial score (nSPS) is 11.6. The monoisotopic (exact) mass is 716 g/mol. The van der Waals surface area contributed by atoms with E-state index >= 15 is 0 Å². The topological polar surface area (TPSA) is 56.7 Å². The Morgan fingerprint density at radius 1 is 0.339 bits per heavy atom. The van der Waals surface area contributed by atoms with E-state index in [2.05, 4.69) is 174 Å². The molecule has 0 amide bonds. The number of aromatic nitrogens is 4. The molecule has 0 saturated heterocycles. The molecule has 11 aromatic rings. The van der Waals surface area contributed by atoms with Gasteiger partial charge in [-0.25, -0.2) is 4.98 Å². The molecular weight excluding hydrogens is 685 g/mol. The van der Waals surface area contributed by atoms with Crippen molar-refractivity contribution in [1.82, 2.24) is 19.5 Å². The van der Waals surface area contributed by atoms with Gasteiger partial charge in [0.25, 0.3) is 0 Å². The summed E-state index contributed by atoms with van der Waals surface area (Å²) in [5.74, 6) is 1.68. The van der Waals surface area contributed by atoms with Gasteiger partial charge in [0, 0.05) is 32.7 Å². The first-order valence-corrected chi connectivity index (χ1v) is 18.8. The molecule has 3 heterocycles. The molecule has 0 saturated carbocycles. The summed E-state index contributed by atoms with van der Waals surface area (Å²) >= 11 is 0. The van der Waals surface area contributed by atoms with Crippen LogP contribution in [0.4, 0.5) is 0 Å². The van der Waals surface area contributed by atoms with E-state index in [-0.39, 0.29) is 0 Å². The second kappa shape index (κ2) is 13.0. The van der Waals surface area contributed by atoms with Gasteiger partial charge in [0.2, 0.25) is 5.95 Å². The lowest BCUT2D eigenvalue weighted by atomic mass is 9.91. The molecule has 3 aromatic heterocycles. The predicted octanol–water partition coefficient (Wildman–Crippen LogP) is 13.2. The molecule has 5 nitrogen and oxygen atoms in total. The van der Waals surface area contributed by atoms with Gasteiger partial charge in [0.1, 0.15) is 11.1 Å². The molecule has 262 valence electrons. The van der Waals surface area contributed by atoms with Crippen LogP contribution in [0.3, 0.4) is 0 Å². The Morgan fingerprint density at radius 3 is 1.64 bits per heavy atom. The van der Waals surface area contributed by atoms with Crippen LogP contribution < -0.4 is 0 Å². The van der Waals surface area contributed by atoms with Crippen LogP contribution in [-0.2, 0) is 0 Å². The van der Waals surface area contributed by atoms with Crippen LogP contribution in [0.15, 0.2) is 199 Å². The molecule has 0 unspecified atom stereocenters. The van der Waals surface area contributed by atoms with Crippen molar-refractivity contribution in [3.8, 4) is 62.1 Å². The second-order valence-electron chi connectivity index (χ2n) is 14.0. The van der Waals surface area contributed by atoms with Crippen molar-refractivity contribution in [1.29, 1.82) is 0 Å². The van der Waals surface area contributed by atoms with E-state index < -0.39 is 0 Å². The fourth-order valence-electron chi connectivity index (χ4n) is 8.10. The lowest BCUT2D eigenvalue weighted by molar-refractivity contribution is 0.670. The first-order valence-electron chi connectivity index (χ1n) is 18.8. The highest BCUT2D eigenvalue weighted by Gasteiger charge is 2.23. The van der Waals surface area contributed by atoms with E-state index in [0.717, 1.165) is 88.3 Å². The van der Waals surface area contributed by atoms with E-state index in [1.54, 1.807) is 0 Å². The average Bonchev–Trinajstić information content (AvgIpc) is 3.83. The van der Waals surface area contributed by atoms with Crippen LogP contribution in [0.25, 0.3) is 106 Å². The van der Waals surface area contributed by atoms with Crippen LogP contribution in [0, 0.1) is 0 Å². The molecular formula is C51H32N4O. The Labute approximate surface area is 322 Å². The highest BCUT2D eigenvalue weighted by molar-refractivity contribution is 6.21. The molecule has 0 fully saturated rings. The molecule has 0 N–H and O–H groups in total. The van der Waals surface area contributed by atoms with Gasteiger partial charge in [-0.2, -0.15) is 9.97 Å². The van der Waals surface area contributed by atoms with Crippen molar-refractivity contribution in [2.24, 2.45) is 0 Å². The van der Waals surface area contributed by atoms with Gasteiger partial charge in [-0.1, -0.05) is 176 Å². The van der Waals surface area contributed by atoms with Crippen LogP contribution in [0.5, 0.6) is 0 Å². The third-order valence-electron chi connectivity index (χ3n) is 10.7. The smallest absolute Gasteiger partial charge is 0.238 e. The minimum atomic E-state index is 0.516. The second-order valence-corrected chi connectivity index (χ2v) is 14.0. The summed E-state index contributed by atoms with van der Waals surface area (Å²) in [4.78, 5) is 16.0. The van der Waals surface area contributed by atoms with E-state index in [0.29, 0.717) is 17.6 Å². The number of rotatable bonds is 6. The molecule has 5 heteroatoms. The van der Waals surface area contributed by atoms with Gasteiger partial charge >= 0.3 is 0 Å². The lowest BCUT2D eigenvalue weighted by Gasteiger charge is -2.15. The lowest BCUT2D eigenvalue weighted by Crippen LogP contribution is -2.07. The Kier molecular flexibility index (Phi) is 7.42. The van der Waals surface area contributed by atoms with Gasteiger partial charge in [-0.05, 0) is 51.6 Å². The zero-order valence-electron chi connectivity index (χ0n) is 30.2. The summed E-state index contributed by atoms with van der Waals surface area (Å²) in [6.45, 7) is 0. The minimum Gasteiger partial charge on any atom is -0.454 e. The molecule has 56 heavy (non-hydrogen) atoms. The molecule has 11 rings (SSSR count). The molecule has 0 spiro atoms. The van der Waals surface area contributed by atoms with Crippen molar-refractivity contribution >= 4 is 43.7 Å². The first kappa shape index (κ1) is 31.9. The third kappa shape index (κ3) is 5.21. The van der Waals surface area contributed by atoms with Crippen LogP contribution in [0.1, 0.15) is 0 Å². The number of hydrogen-bond donors (Lipinski definition) is 0.